The molecule has 0 aliphatic heterocycles. The van der Waals surface area contributed by atoms with E-state index >= 15 is 0 Å². The van der Waals surface area contributed by atoms with Gasteiger partial charge in [0.15, 0.2) is 0 Å². The van der Waals surface area contributed by atoms with Crippen LogP contribution in [0.5, 0.6) is 0 Å². The minimum atomic E-state index is -4.40. The zero-order chi connectivity index (χ0) is 13.9. The van der Waals surface area contributed by atoms with Crippen LogP contribution in [0.15, 0.2) is 18.2 Å². The molecule has 0 saturated carbocycles. The first-order valence-electron chi connectivity index (χ1n) is 5.24. The SMILES string of the molecule is CC(CNc1ccc(C(F)(F)F)cc1N)S(C)=O. The molecule has 1 rings (SSSR count). The lowest BCUT2D eigenvalue weighted by Crippen LogP contribution is -2.21. The molecular formula is C11H15F3N2OS. The highest BCUT2D eigenvalue weighted by atomic mass is 32.2. The van der Waals surface area contributed by atoms with E-state index in [0.717, 1.165) is 12.1 Å². The second kappa shape index (κ2) is 5.60. The number of halogens is 3. The number of nitrogen functional groups attached to an aromatic ring is 1. The summed E-state index contributed by atoms with van der Waals surface area (Å²) < 4.78 is 48.3. The Morgan fingerprint density at radius 3 is 2.50 bits per heavy atom. The lowest BCUT2D eigenvalue weighted by Gasteiger charge is -2.14. The molecular weight excluding hydrogens is 265 g/mol. The summed E-state index contributed by atoms with van der Waals surface area (Å²) in [6, 6.07) is 3.13. The number of hydrogen-bond acceptors (Lipinski definition) is 3. The number of nitrogens with two attached hydrogens (primary N) is 1. The highest BCUT2D eigenvalue weighted by molar-refractivity contribution is 7.84. The molecule has 0 radical (unpaired) electrons. The van der Waals surface area contributed by atoms with Crippen molar-refractivity contribution in [2.75, 3.05) is 23.9 Å². The number of anilines is 2. The van der Waals surface area contributed by atoms with Gasteiger partial charge >= 0.3 is 6.18 Å². The molecule has 1 aromatic rings. The minimum Gasteiger partial charge on any atom is -0.397 e. The minimum absolute atomic E-state index is 0.0268. The van der Waals surface area contributed by atoms with Gasteiger partial charge in [-0.05, 0) is 25.1 Å². The molecule has 0 heterocycles. The molecule has 1 aromatic carbocycles. The molecule has 3 nitrogen and oxygen atoms in total. The molecule has 7 heteroatoms. The van der Waals surface area contributed by atoms with Crippen molar-refractivity contribution in [3.05, 3.63) is 23.8 Å². The second-order valence-electron chi connectivity index (χ2n) is 3.99. The molecule has 0 aromatic heterocycles. The van der Waals surface area contributed by atoms with Crippen LogP contribution in [-0.2, 0) is 17.0 Å². The van der Waals surface area contributed by atoms with Crippen LogP contribution in [0.4, 0.5) is 24.5 Å². The van der Waals surface area contributed by atoms with Crippen molar-refractivity contribution < 1.29 is 17.4 Å². The molecule has 0 spiro atoms. The van der Waals surface area contributed by atoms with Gasteiger partial charge in [0, 0.05) is 28.9 Å². The van der Waals surface area contributed by atoms with E-state index in [9.17, 15) is 17.4 Å². The van der Waals surface area contributed by atoms with Crippen molar-refractivity contribution >= 4 is 22.2 Å². The van der Waals surface area contributed by atoms with Crippen molar-refractivity contribution in [1.82, 2.24) is 0 Å². The van der Waals surface area contributed by atoms with Crippen LogP contribution in [0.1, 0.15) is 12.5 Å². The van der Waals surface area contributed by atoms with Gasteiger partial charge in [-0.15, -0.1) is 0 Å². The molecule has 0 saturated heterocycles. The van der Waals surface area contributed by atoms with Crippen LogP contribution < -0.4 is 11.1 Å². The summed E-state index contributed by atoms with van der Waals surface area (Å²) in [5.41, 5.74) is 5.21. The lowest BCUT2D eigenvalue weighted by atomic mass is 10.1. The Kier molecular flexibility index (Phi) is 4.61. The van der Waals surface area contributed by atoms with E-state index in [0.29, 0.717) is 12.2 Å². The van der Waals surface area contributed by atoms with Gasteiger partial charge in [-0.25, -0.2) is 0 Å². The average molecular weight is 280 g/mol. The summed E-state index contributed by atoms with van der Waals surface area (Å²) in [5, 5.41) is 2.78. The Balaban J connectivity index is 2.78. The fraction of sp³-hybridized carbons (Fsp3) is 0.455. The van der Waals surface area contributed by atoms with E-state index in [4.69, 9.17) is 5.73 Å². The zero-order valence-corrected chi connectivity index (χ0v) is 10.9. The first kappa shape index (κ1) is 14.8. The van der Waals surface area contributed by atoms with Gasteiger partial charge in [0.1, 0.15) is 0 Å². The fourth-order valence-electron chi connectivity index (χ4n) is 1.27. The maximum Gasteiger partial charge on any atom is 0.416 e. The monoisotopic (exact) mass is 280 g/mol. The van der Waals surface area contributed by atoms with Gasteiger partial charge < -0.3 is 11.1 Å². The molecule has 102 valence electrons. The van der Waals surface area contributed by atoms with Crippen molar-refractivity contribution in [3.63, 3.8) is 0 Å². The Bertz CT molecular complexity index is 448. The largest absolute Gasteiger partial charge is 0.416 e. The Labute approximate surface area is 106 Å². The van der Waals surface area contributed by atoms with Crippen molar-refractivity contribution in [1.29, 1.82) is 0 Å². The smallest absolute Gasteiger partial charge is 0.397 e. The summed E-state index contributed by atoms with van der Waals surface area (Å²) in [5.74, 6) is 0. The maximum absolute atomic E-state index is 12.4. The number of rotatable bonds is 4. The van der Waals surface area contributed by atoms with Crippen molar-refractivity contribution in [3.8, 4) is 0 Å². The van der Waals surface area contributed by atoms with E-state index in [2.05, 4.69) is 5.32 Å². The van der Waals surface area contributed by atoms with Crippen LogP contribution in [0.2, 0.25) is 0 Å². The predicted molar refractivity (Wildman–Crippen MR) is 67.9 cm³/mol. The highest BCUT2D eigenvalue weighted by Crippen LogP contribution is 2.32. The summed E-state index contributed by atoms with van der Waals surface area (Å²) in [6.07, 6.45) is -2.83. The van der Waals surface area contributed by atoms with E-state index in [1.807, 2.05) is 0 Å². The van der Waals surface area contributed by atoms with Gasteiger partial charge in [-0.1, -0.05) is 0 Å². The molecule has 0 aliphatic rings. The van der Waals surface area contributed by atoms with Gasteiger partial charge in [0.05, 0.1) is 16.9 Å². The van der Waals surface area contributed by atoms with Crippen LogP contribution in [0.3, 0.4) is 0 Å². The van der Waals surface area contributed by atoms with Gasteiger partial charge in [-0.2, -0.15) is 13.2 Å². The number of alkyl halides is 3. The molecule has 0 aliphatic carbocycles. The third kappa shape index (κ3) is 3.90. The van der Waals surface area contributed by atoms with Crippen LogP contribution in [0, 0.1) is 0 Å². The number of benzene rings is 1. The topological polar surface area (TPSA) is 55.1 Å². The van der Waals surface area contributed by atoms with Gasteiger partial charge in [0.25, 0.3) is 0 Å². The number of nitrogens with one attached hydrogen (secondary N) is 1. The molecule has 18 heavy (non-hydrogen) atoms. The molecule has 0 fully saturated rings. The van der Waals surface area contributed by atoms with Crippen molar-refractivity contribution in [2.45, 2.75) is 18.3 Å². The Hall–Kier alpha value is -1.24. The molecule has 0 amide bonds. The summed E-state index contributed by atoms with van der Waals surface area (Å²) in [6.45, 7) is 2.17. The fourth-order valence-corrected chi connectivity index (χ4v) is 1.59. The molecule has 3 N–H and O–H groups in total. The van der Waals surface area contributed by atoms with E-state index in [1.54, 1.807) is 13.2 Å². The summed E-state index contributed by atoms with van der Waals surface area (Å²) >= 11 is 0. The van der Waals surface area contributed by atoms with E-state index in [1.165, 1.54) is 6.07 Å². The second-order valence-corrected chi connectivity index (χ2v) is 5.79. The normalized spacial score (nSPS) is 15.2. The Morgan fingerprint density at radius 2 is 2.06 bits per heavy atom. The summed E-state index contributed by atoms with van der Waals surface area (Å²) in [7, 11) is -0.992. The molecule has 0 bridgehead atoms. The average Bonchev–Trinajstić information content (AvgIpc) is 2.25. The first-order chi connectivity index (χ1) is 8.21. The van der Waals surface area contributed by atoms with Crippen molar-refractivity contribution in [2.24, 2.45) is 0 Å². The number of hydrogen-bond donors (Lipinski definition) is 2. The van der Waals surface area contributed by atoms with Gasteiger partial charge in [-0.3, -0.25) is 4.21 Å². The zero-order valence-electron chi connectivity index (χ0n) is 10.0. The van der Waals surface area contributed by atoms with Gasteiger partial charge in [0.2, 0.25) is 0 Å². The van der Waals surface area contributed by atoms with E-state index < -0.39 is 22.5 Å². The third-order valence-corrected chi connectivity index (χ3v) is 3.83. The summed E-state index contributed by atoms with van der Waals surface area (Å²) in [4.78, 5) is 0. The van der Waals surface area contributed by atoms with Crippen LogP contribution in [0.25, 0.3) is 0 Å². The predicted octanol–water partition coefficient (Wildman–Crippen LogP) is 2.47. The standard InChI is InChI=1S/C11H15F3N2OS/c1-7(18(2)17)6-16-10-4-3-8(5-9(10)15)11(12,13)14/h3-5,7,16H,6,15H2,1-2H3. The van der Waals surface area contributed by atoms with E-state index in [-0.39, 0.29) is 10.9 Å². The first-order valence-corrected chi connectivity index (χ1v) is 6.86. The molecule has 2 atom stereocenters. The molecule has 2 unspecified atom stereocenters. The quantitative estimate of drug-likeness (QED) is 0.833. The highest BCUT2D eigenvalue weighted by Gasteiger charge is 2.30. The Morgan fingerprint density at radius 1 is 1.44 bits per heavy atom. The maximum atomic E-state index is 12.4. The third-order valence-electron chi connectivity index (χ3n) is 2.53. The van der Waals surface area contributed by atoms with Crippen LogP contribution >= 0.6 is 0 Å². The lowest BCUT2D eigenvalue weighted by molar-refractivity contribution is -0.137. The van der Waals surface area contributed by atoms with Crippen LogP contribution in [-0.4, -0.2) is 22.3 Å².